The van der Waals surface area contributed by atoms with Crippen LogP contribution in [0.25, 0.3) is 0 Å². The lowest BCUT2D eigenvalue weighted by Gasteiger charge is -2.17. The van der Waals surface area contributed by atoms with Crippen LogP contribution in [-0.2, 0) is 11.3 Å². The first-order valence-electron chi connectivity index (χ1n) is 7.17. The van der Waals surface area contributed by atoms with Crippen molar-refractivity contribution in [3.63, 3.8) is 0 Å². The molecule has 0 saturated heterocycles. The van der Waals surface area contributed by atoms with Crippen LogP contribution in [0.4, 0.5) is 4.39 Å². The molecule has 0 saturated carbocycles. The van der Waals surface area contributed by atoms with Crippen LogP contribution in [0, 0.1) is 5.82 Å². The molecule has 0 spiro atoms. The number of nitrogens with one attached hydrogen (secondary N) is 1. The normalized spacial score (nSPS) is 12.0. The Kier molecular flexibility index (Phi) is 5.61. The fraction of sp³-hybridized carbons (Fsp3) is 0.294. The van der Waals surface area contributed by atoms with Crippen molar-refractivity contribution >= 4 is 5.97 Å². The molecule has 2 rings (SSSR count). The van der Waals surface area contributed by atoms with E-state index >= 15 is 0 Å². The van der Waals surface area contributed by atoms with E-state index in [1.807, 2.05) is 6.07 Å². The molecule has 1 aromatic heterocycles. The highest BCUT2D eigenvalue weighted by Gasteiger charge is 2.11. The second-order valence-electron chi connectivity index (χ2n) is 4.90. The van der Waals surface area contributed by atoms with Crippen LogP contribution in [0.2, 0.25) is 0 Å². The number of nitrogens with zero attached hydrogens (tertiary/aromatic N) is 1. The molecule has 0 amide bonds. The van der Waals surface area contributed by atoms with E-state index in [2.05, 4.69) is 22.0 Å². The minimum Gasteiger partial charge on any atom is -0.464 e. The lowest BCUT2D eigenvalue weighted by atomic mass is 10.0. The zero-order chi connectivity index (χ0) is 15.9. The topological polar surface area (TPSA) is 51.2 Å². The molecule has 116 valence electrons. The highest BCUT2D eigenvalue weighted by atomic mass is 19.1. The molecule has 0 fully saturated rings. The summed E-state index contributed by atoms with van der Waals surface area (Å²) < 4.78 is 17.6. The third-order valence-corrected chi connectivity index (χ3v) is 3.41. The molecule has 22 heavy (non-hydrogen) atoms. The first kappa shape index (κ1) is 16.1. The number of benzene rings is 1. The molecule has 4 nitrogen and oxygen atoms in total. The van der Waals surface area contributed by atoms with Gasteiger partial charge in [0.25, 0.3) is 0 Å². The Morgan fingerprint density at radius 1 is 1.27 bits per heavy atom. The van der Waals surface area contributed by atoms with Crippen LogP contribution in [0.3, 0.4) is 0 Å². The number of carbonyl (C=O) groups excluding carboxylic acids is 1. The predicted octanol–water partition coefficient (Wildman–Crippen LogP) is 3.25. The molecular weight excluding hydrogens is 283 g/mol. The van der Waals surface area contributed by atoms with Crippen molar-refractivity contribution in [3.05, 3.63) is 65.2 Å². The lowest BCUT2D eigenvalue weighted by molar-refractivity contribution is 0.0593. The molecule has 0 bridgehead atoms. The van der Waals surface area contributed by atoms with Gasteiger partial charge in [-0.2, -0.15) is 0 Å². The summed E-state index contributed by atoms with van der Waals surface area (Å²) in [6.07, 6.45) is 0.863. The van der Waals surface area contributed by atoms with Crippen molar-refractivity contribution in [1.29, 1.82) is 0 Å². The Balaban J connectivity index is 2.04. The lowest BCUT2D eigenvalue weighted by Crippen LogP contribution is -2.21. The number of ether oxygens (including phenoxy) is 1. The van der Waals surface area contributed by atoms with Crippen molar-refractivity contribution < 1.29 is 13.9 Å². The average molecular weight is 302 g/mol. The number of carbonyl (C=O) groups is 1. The molecule has 0 aliphatic heterocycles. The summed E-state index contributed by atoms with van der Waals surface area (Å²) >= 11 is 0. The van der Waals surface area contributed by atoms with E-state index in [1.165, 1.54) is 19.2 Å². The molecule has 1 heterocycles. The summed E-state index contributed by atoms with van der Waals surface area (Å²) in [4.78, 5) is 15.7. The quantitative estimate of drug-likeness (QED) is 0.832. The maximum Gasteiger partial charge on any atom is 0.356 e. The number of esters is 1. The molecule has 0 radical (unpaired) electrons. The van der Waals surface area contributed by atoms with E-state index in [-0.39, 0.29) is 17.6 Å². The van der Waals surface area contributed by atoms with E-state index in [4.69, 9.17) is 0 Å². The van der Waals surface area contributed by atoms with E-state index in [1.54, 1.807) is 24.3 Å². The Hall–Kier alpha value is -2.27. The molecule has 1 N–H and O–H groups in total. The van der Waals surface area contributed by atoms with Crippen LogP contribution in [0.15, 0.2) is 42.5 Å². The van der Waals surface area contributed by atoms with E-state index in [9.17, 15) is 9.18 Å². The molecule has 0 aliphatic rings. The number of aromatic nitrogens is 1. The minimum atomic E-state index is -0.451. The van der Waals surface area contributed by atoms with Gasteiger partial charge < -0.3 is 10.1 Å². The highest BCUT2D eigenvalue weighted by molar-refractivity contribution is 5.87. The van der Waals surface area contributed by atoms with Gasteiger partial charge >= 0.3 is 5.97 Å². The van der Waals surface area contributed by atoms with Crippen molar-refractivity contribution in [3.8, 4) is 0 Å². The standard InChI is InChI=1S/C17H19FN2O2/c1-3-15(12-7-9-13(18)10-8-12)19-11-14-5-4-6-16(20-14)17(21)22-2/h4-10,15,19H,3,11H2,1-2H3/t15-/m1/s1. The molecule has 0 aliphatic carbocycles. The largest absolute Gasteiger partial charge is 0.464 e. The van der Waals surface area contributed by atoms with Crippen molar-refractivity contribution in [2.45, 2.75) is 25.9 Å². The summed E-state index contributed by atoms with van der Waals surface area (Å²) in [5, 5.41) is 3.37. The number of hydrogen-bond donors (Lipinski definition) is 1. The maximum absolute atomic E-state index is 13.0. The first-order valence-corrected chi connectivity index (χ1v) is 7.17. The van der Waals surface area contributed by atoms with Crippen LogP contribution >= 0.6 is 0 Å². The smallest absolute Gasteiger partial charge is 0.356 e. The SMILES string of the molecule is CC[C@@H](NCc1cccc(C(=O)OC)n1)c1ccc(F)cc1. The summed E-state index contributed by atoms with van der Waals surface area (Å²) in [7, 11) is 1.33. The Bertz CT molecular complexity index is 629. The molecule has 1 atom stereocenters. The van der Waals surface area contributed by atoms with E-state index in [0.717, 1.165) is 17.7 Å². The highest BCUT2D eigenvalue weighted by Crippen LogP contribution is 2.17. The Labute approximate surface area is 129 Å². The minimum absolute atomic E-state index is 0.101. The second-order valence-corrected chi connectivity index (χ2v) is 4.90. The number of hydrogen-bond acceptors (Lipinski definition) is 4. The van der Waals surface area contributed by atoms with Gasteiger partial charge in [0.1, 0.15) is 11.5 Å². The van der Waals surface area contributed by atoms with Gasteiger partial charge in [0.05, 0.1) is 12.8 Å². The fourth-order valence-corrected chi connectivity index (χ4v) is 2.22. The summed E-state index contributed by atoms with van der Waals surface area (Å²) in [6.45, 7) is 2.57. The summed E-state index contributed by atoms with van der Waals surface area (Å²) in [5.74, 6) is -0.696. The molecule has 1 aromatic carbocycles. The van der Waals surface area contributed by atoms with Gasteiger partial charge in [0.2, 0.25) is 0 Å². The number of rotatable bonds is 6. The first-order chi connectivity index (χ1) is 10.6. The van der Waals surface area contributed by atoms with Crippen LogP contribution in [0.1, 0.15) is 41.1 Å². The zero-order valence-electron chi connectivity index (χ0n) is 12.7. The maximum atomic E-state index is 13.0. The zero-order valence-corrected chi connectivity index (χ0v) is 12.7. The summed E-state index contributed by atoms with van der Waals surface area (Å²) in [5.41, 5.74) is 2.06. The second kappa shape index (κ2) is 7.66. The van der Waals surface area contributed by atoms with Gasteiger partial charge in [0.15, 0.2) is 0 Å². The number of pyridine rings is 1. The van der Waals surface area contributed by atoms with Crippen LogP contribution < -0.4 is 5.32 Å². The van der Waals surface area contributed by atoms with Gasteiger partial charge in [-0.25, -0.2) is 14.2 Å². The van der Waals surface area contributed by atoms with Gasteiger partial charge in [-0.05, 0) is 36.2 Å². The van der Waals surface area contributed by atoms with Crippen LogP contribution in [0.5, 0.6) is 0 Å². The number of halogens is 1. The molecule has 2 aromatic rings. The Morgan fingerprint density at radius 2 is 2.00 bits per heavy atom. The van der Waals surface area contributed by atoms with Gasteiger partial charge in [-0.3, -0.25) is 0 Å². The van der Waals surface area contributed by atoms with Crippen LogP contribution in [-0.4, -0.2) is 18.1 Å². The van der Waals surface area contributed by atoms with Gasteiger partial charge in [-0.1, -0.05) is 25.1 Å². The van der Waals surface area contributed by atoms with Gasteiger partial charge in [-0.15, -0.1) is 0 Å². The van der Waals surface area contributed by atoms with Crippen molar-refractivity contribution in [2.75, 3.05) is 7.11 Å². The van der Waals surface area contributed by atoms with E-state index in [0.29, 0.717) is 6.54 Å². The third-order valence-electron chi connectivity index (χ3n) is 3.41. The van der Waals surface area contributed by atoms with Crippen molar-refractivity contribution in [2.24, 2.45) is 0 Å². The number of methoxy groups -OCH3 is 1. The molecular formula is C17H19FN2O2. The third kappa shape index (κ3) is 4.11. The molecule has 5 heteroatoms. The summed E-state index contributed by atoms with van der Waals surface area (Å²) in [6, 6.07) is 11.8. The molecule has 0 unspecified atom stereocenters. The van der Waals surface area contributed by atoms with E-state index < -0.39 is 5.97 Å². The van der Waals surface area contributed by atoms with Crippen molar-refractivity contribution in [1.82, 2.24) is 10.3 Å². The monoisotopic (exact) mass is 302 g/mol. The average Bonchev–Trinajstić information content (AvgIpc) is 2.56. The predicted molar refractivity (Wildman–Crippen MR) is 81.8 cm³/mol. The Morgan fingerprint density at radius 3 is 2.64 bits per heavy atom. The fourth-order valence-electron chi connectivity index (χ4n) is 2.22. The van der Waals surface area contributed by atoms with Gasteiger partial charge in [0, 0.05) is 12.6 Å².